The van der Waals surface area contributed by atoms with Crippen LogP contribution in [-0.2, 0) is 9.47 Å². The monoisotopic (exact) mass is 257 g/mol. The first-order chi connectivity index (χ1) is 7.93. The minimum atomic E-state index is -0.530. The Bertz CT molecular complexity index is 451. The molecule has 0 aromatic carbocycles. The van der Waals surface area contributed by atoms with E-state index in [1.165, 1.54) is 14.2 Å². The van der Waals surface area contributed by atoms with E-state index in [1.807, 2.05) is 13.8 Å². The molecule has 94 valence electrons. The summed E-state index contributed by atoms with van der Waals surface area (Å²) in [6, 6.07) is 0. The number of thiophene rings is 1. The van der Waals surface area contributed by atoms with Crippen molar-refractivity contribution in [2.24, 2.45) is 0 Å². The summed E-state index contributed by atoms with van der Waals surface area (Å²) in [7, 11) is 2.57. The molecule has 0 aliphatic heterocycles. The van der Waals surface area contributed by atoms with E-state index >= 15 is 0 Å². The topological polar surface area (TPSA) is 78.6 Å². The van der Waals surface area contributed by atoms with E-state index in [4.69, 9.17) is 5.73 Å². The van der Waals surface area contributed by atoms with Gasteiger partial charge in [0.05, 0.1) is 19.8 Å². The van der Waals surface area contributed by atoms with E-state index in [0.717, 1.165) is 11.3 Å². The molecular weight excluding hydrogens is 242 g/mol. The van der Waals surface area contributed by atoms with Crippen molar-refractivity contribution in [1.82, 2.24) is 0 Å². The van der Waals surface area contributed by atoms with Gasteiger partial charge in [0.1, 0.15) is 9.88 Å². The van der Waals surface area contributed by atoms with Crippen molar-refractivity contribution < 1.29 is 19.1 Å². The molecule has 0 aliphatic rings. The van der Waals surface area contributed by atoms with Crippen molar-refractivity contribution in [3.8, 4) is 0 Å². The van der Waals surface area contributed by atoms with Gasteiger partial charge in [0.15, 0.2) is 0 Å². The van der Waals surface area contributed by atoms with Gasteiger partial charge in [-0.2, -0.15) is 0 Å². The van der Waals surface area contributed by atoms with Gasteiger partial charge in [0.25, 0.3) is 0 Å². The SMILES string of the molecule is COC(=O)c1sc(N)c(C(=O)OC)c1C(C)C. The maximum absolute atomic E-state index is 11.6. The predicted octanol–water partition coefficient (Wildman–Crippen LogP) is 2.03. The lowest BCUT2D eigenvalue weighted by molar-refractivity contribution is 0.0600. The number of hydrogen-bond acceptors (Lipinski definition) is 6. The number of hydrogen-bond donors (Lipinski definition) is 1. The van der Waals surface area contributed by atoms with E-state index in [9.17, 15) is 9.59 Å². The van der Waals surface area contributed by atoms with Crippen LogP contribution in [0.4, 0.5) is 5.00 Å². The molecule has 5 nitrogen and oxygen atoms in total. The average Bonchev–Trinajstić information content (AvgIpc) is 2.64. The van der Waals surface area contributed by atoms with Crippen LogP contribution in [0, 0.1) is 0 Å². The summed E-state index contributed by atoms with van der Waals surface area (Å²) in [6.45, 7) is 3.75. The van der Waals surface area contributed by atoms with Crippen molar-refractivity contribution in [2.45, 2.75) is 19.8 Å². The van der Waals surface area contributed by atoms with E-state index in [-0.39, 0.29) is 16.5 Å². The van der Waals surface area contributed by atoms with E-state index < -0.39 is 11.9 Å². The lowest BCUT2D eigenvalue weighted by Gasteiger charge is -2.08. The summed E-state index contributed by atoms with van der Waals surface area (Å²) in [5.41, 5.74) is 6.62. The molecule has 17 heavy (non-hydrogen) atoms. The summed E-state index contributed by atoms with van der Waals surface area (Å²) in [5.74, 6) is -1.04. The fourth-order valence-electron chi connectivity index (χ4n) is 1.57. The van der Waals surface area contributed by atoms with Crippen molar-refractivity contribution in [3.05, 3.63) is 16.0 Å². The average molecular weight is 257 g/mol. The molecule has 1 aromatic heterocycles. The Kier molecular flexibility index (Phi) is 4.11. The van der Waals surface area contributed by atoms with E-state index in [0.29, 0.717) is 10.4 Å². The molecular formula is C11H15NO4S. The maximum Gasteiger partial charge on any atom is 0.348 e. The summed E-state index contributed by atoms with van der Waals surface area (Å²) in [4.78, 5) is 23.6. The van der Waals surface area contributed by atoms with Gasteiger partial charge in [0, 0.05) is 0 Å². The number of methoxy groups -OCH3 is 2. The highest BCUT2D eigenvalue weighted by Gasteiger charge is 2.28. The number of carbonyl (C=O) groups excluding carboxylic acids is 2. The molecule has 0 saturated carbocycles. The number of rotatable bonds is 3. The minimum Gasteiger partial charge on any atom is -0.465 e. The minimum absolute atomic E-state index is 0.0215. The van der Waals surface area contributed by atoms with Gasteiger partial charge in [-0.25, -0.2) is 9.59 Å². The molecule has 0 aliphatic carbocycles. The zero-order chi connectivity index (χ0) is 13.2. The first-order valence-corrected chi connectivity index (χ1v) is 5.84. The molecule has 0 fully saturated rings. The highest BCUT2D eigenvalue weighted by molar-refractivity contribution is 7.18. The fourth-order valence-corrected chi connectivity index (χ4v) is 2.70. The van der Waals surface area contributed by atoms with Gasteiger partial charge >= 0.3 is 11.9 Å². The third-order valence-corrected chi connectivity index (χ3v) is 3.32. The first kappa shape index (κ1) is 13.5. The summed E-state index contributed by atoms with van der Waals surface area (Å²) in [5, 5.41) is 0.279. The molecule has 2 N–H and O–H groups in total. The lowest BCUT2D eigenvalue weighted by atomic mass is 9.98. The van der Waals surface area contributed by atoms with Crippen molar-refractivity contribution >= 4 is 28.3 Å². The predicted molar refractivity (Wildman–Crippen MR) is 65.5 cm³/mol. The number of carbonyl (C=O) groups is 2. The Labute approximate surface area is 104 Å². The van der Waals surface area contributed by atoms with Crippen LogP contribution >= 0.6 is 11.3 Å². The maximum atomic E-state index is 11.6. The van der Waals surface area contributed by atoms with E-state index in [2.05, 4.69) is 9.47 Å². The molecule has 1 aromatic rings. The largest absolute Gasteiger partial charge is 0.465 e. The first-order valence-electron chi connectivity index (χ1n) is 5.02. The summed E-state index contributed by atoms with van der Waals surface area (Å²) < 4.78 is 9.34. The number of nitrogens with two attached hydrogens (primary N) is 1. The molecule has 1 rings (SSSR count). The fraction of sp³-hybridized carbons (Fsp3) is 0.455. The summed E-state index contributed by atoms with van der Waals surface area (Å²) >= 11 is 1.05. The normalized spacial score (nSPS) is 10.4. The van der Waals surface area contributed by atoms with Crippen LogP contribution in [0.3, 0.4) is 0 Å². The Balaban J connectivity index is 3.45. The van der Waals surface area contributed by atoms with Gasteiger partial charge in [-0.05, 0) is 11.5 Å². The van der Waals surface area contributed by atoms with Crippen LogP contribution in [0.2, 0.25) is 0 Å². The lowest BCUT2D eigenvalue weighted by Crippen LogP contribution is -2.10. The molecule has 6 heteroatoms. The number of esters is 2. The highest BCUT2D eigenvalue weighted by Crippen LogP contribution is 2.36. The molecule has 0 bridgehead atoms. The smallest absolute Gasteiger partial charge is 0.348 e. The second kappa shape index (κ2) is 5.18. The van der Waals surface area contributed by atoms with E-state index in [1.54, 1.807) is 0 Å². The second-order valence-corrected chi connectivity index (χ2v) is 4.77. The molecule has 0 saturated heterocycles. The molecule has 0 unspecified atom stereocenters. The van der Waals surface area contributed by atoms with Gasteiger partial charge in [-0.15, -0.1) is 11.3 Å². The van der Waals surface area contributed by atoms with Crippen molar-refractivity contribution in [2.75, 3.05) is 20.0 Å². The zero-order valence-electron chi connectivity index (χ0n) is 10.2. The highest BCUT2D eigenvalue weighted by atomic mass is 32.1. The van der Waals surface area contributed by atoms with Crippen molar-refractivity contribution in [1.29, 1.82) is 0 Å². The number of anilines is 1. The Morgan fingerprint density at radius 1 is 1.18 bits per heavy atom. The van der Waals surface area contributed by atoms with Gasteiger partial charge in [-0.1, -0.05) is 13.8 Å². The van der Waals surface area contributed by atoms with Crippen LogP contribution in [-0.4, -0.2) is 26.2 Å². The van der Waals surface area contributed by atoms with Crippen LogP contribution in [0.5, 0.6) is 0 Å². The Morgan fingerprint density at radius 3 is 2.12 bits per heavy atom. The van der Waals surface area contributed by atoms with Gasteiger partial charge < -0.3 is 15.2 Å². The zero-order valence-corrected chi connectivity index (χ0v) is 11.0. The number of nitrogen functional groups attached to an aromatic ring is 1. The Hall–Kier alpha value is -1.56. The van der Waals surface area contributed by atoms with Gasteiger partial charge in [0.2, 0.25) is 0 Å². The Morgan fingerprint density at radius 2 is 1.71 bits per heavy atom. The third-order valence-electron chi connectivity index (χ3n) is 2.31. The van der Waals surface area contributed by atoms with Crippen LogP contribution in [0.1, 0.15) is 45.4 Å². The van der Waals surface area contributed by atoms with Crippen LogP contribution in [0.25, 0.3) is 0 Å². The molecule has 1 heterocycles. The molecule has 0 radical (unpaired) electrons. The number of ether oxygens (including phenoxy) is 2. The third kappa shape index (κ3) is 2.41. The van der Waals surface area contributed by atoms with Crippen LogP contribution < -0.4 is 5.73 Å². The standard InChI is InChI=1S/C11H15NO4S/c1-5(2)6-7(10(13)15-3)9(12)17-8(6)11(14)16-4/h5H,12H2,1-4H3. The second-order valence-electron chi connectivity index (χ2n) is 3.72. The molecule has 0 amide bonds. The summed E-state index contributed by atoms with van der Waals surface area (Å²) in [6.07, 6.45) is 0. The van der Waals surface area contributed by atoms with Gasteiger partial charge in [-0.3, -0.25) is 0 Å². The quantitative estimate of drug-likeness (QED) is 0.838. The molecule has 0 atom stereocenters. The van der Waals surface area contributed by atoms with Crippen LogP contribution in [0.15, 0.2) is 0 Å². The van der Waals surface area contributed by atoms with Crippen molar-refractivity contribution in [3.63, 3.8) is 0 Å². The molecule has 0 spiro atoms.